The third-order valence-corrected chi connectivity index (χ3v) is 3.85. The number of benzene rings is 1. The van der Waals surface area contributed by atoms with Gasteiger partial charge in [0.1, 0.15) is 5.82 Å². The third-order valence-electron chi connectivity index (χ3n) is 2.56. The van der Waals surface area contributed by atoms with Gasteiger partial charge in [-0.15, -0.1) is 0 Å². The molecule has 0 radical (unpaired) electrons. The van der Waals surface area contributed by atoms with Crippen LogP contribution in [0.5, 0.6) is 0 Å². The van der Waals surface area contributed by atoms with Crippen molar-refractivity contribution in [3.05, 3.63) is 51.0 Å². The van der Waals surface area contributed by atoms with Crippen molar-refractivity contribution in [2.24, 2.45) is 0 Å². The van der Waals surface area contributed by atoms with E-state index in [2.05, 4.69) is 9.72 Å². The highest BCUT2D eigenvalue weighted by atomic mass is 35.5. The minimum atomic E-state index is -0.706. The largest absolute Gasteiger partial charge is 0.464 e. The lowest BCUT2D eigenvalue weighted by Crippen LogP contribution is -2.07. The molecule has 0 amide bonds. The molecule has 0 aliphatic carbocycles. The Morgan fingerprint density at radius 3 is 2.55 bits per heavy atom. The van der Waals surface area contributed by atoms with Crippen molar-refractivity contribution in [2.45, 2.75) is 0 Å². The van der Waals surface area contributed by atoms with E-state index in [1.165, 1.54) is 19.2 Å². The van der Waals surface area contributed by atoms with Gasteiger partial charge < -0.3 is 4.74 Å². The minimum absolute atomic E-state index is 0.0609. The van der Waals surface area contributed by atoms with Gasteiger partial charge in [0.15, 0.2) is 5.69 Å². The maximum atomic E-state index is 13.4. The summed E-state index contributed by atoms with van der Waals surface area (Å²) in [6, 6.07) is 4.15. The van der Waals surface area contributed by atoms with Crippen molar-refractivity contribution in [3.63, 3.8) is 0 Å². The fourth-order valence-corrected chi connectivity index (χ4v) is 2.28. The van der Waals surface area contributed by atoms with E-state index in [1.54, 1.807) is 0 Å². The first-order chi connectivity index (χ1) is 9.45. The molecule has 0 aliphatic rings. The summed E-state index contributed by atoms with van der Waals surface area (Å²) >= 11 is 17.9. The first-order valence-corrected chi connectivity index (χ1v) is 6.46. The zero-order valence-electron chi connectivity index (χ0n) is 10.1. The van der Waals surface area contributed by atoms with E-state index >= 15 is 0 Å². The van der Waals surface area contributed by atoms with E-state index in [4.69, 9.17) is 34.8 Å². The maximum absolute atomic E-state index is 13.4. The number of halogens is 4. The summed E-state index contributed by atoms with van der Waals surface area (Å²) in [5.74, 6) is -1.32. The van der Waals surface area contributed by atoms with Crippen LogP contribution in [-0.4, -0.2) is 18.1 Å². The van der Waals surface area contributed by atoms with Crippen LogP contribution in [0.25, 0.3) is 11.1 Å². The normalized spacial score (nSPS) is 10.4. The maximum Gasteiger partial charge on any atom is 0.357 e. The monoisotopic (exact) mass is 333 g/mol. The Kier molecular flexibility index (Phi) is 4.48. The number of ether oxygens (including phenoxy) is 1. The minimum Gasteiger partial charge on any atom is -0.464 e. The highest BCUT2D eigenvalue weighted by molar-refractivity contribution is 6.49. The molecule has 0 atom stereocenters. The quantitative estimate of drug-likeness (QED) is 0.593. The number of esters is 1. The van der Waals surface area contributed by atoms with Gasteiger partial charge in [-0.3, -0.25) is 0 Å². The van der Waals surface area contributed by atoms with Gasteiger partial charge in [0.25, 0.3) is 0 Å². The second kappa shape index (κ2) is 5.95. The molecule has 2 aromatic rings. The predicted molar refractivity (Wildman–Crippen MR) is 76.0 cm³/mol. The second-order valence-corrected chi connectivity index (χ2v) is 4.93. The van der Waals surface area contributed by atoms with E-state index < -0.39 is 11.8 Å². The molecule has 1 aromatic heterocycles. The lowest BCUT2D eigenvalue weighted by Gasteiger charge is -2.10. The van der Waals surface area contributed by atoms with Crippen LogP contribution in [0.2, 0.25) is 15.1 Å². The molecule has 0 N–H and O–H groups in total. The lowest BCUT2D eigenvalue weighted by atomic mass is 10.0. The number of methoxy groups -OCH3 is 1. The van der Waals surface area contributed by atoms with E-state index in [1.807, 2.05) is 0 Å². The van der Waals surface area contributed by atoms with Gasteiger partial charge in [-0.25, -0.2) is 14.2 Å². The molecule has 104 valence electrons. The topological polar surface area (TPSA) is 39.2 Å². The van der Waals surface area contributed by atoms with Crippen LogP contribution < -0.4 is 0 Å². The molecule has 0 saturated carbocycles. The van der Waals surface area contributed by atoms with Crippen molar-refractivity contribution >= 4 is 40.8 Å². The van der Waals surface area contributed by atoms with Crippen LogP contribution in [0.1, 0.15) is 10.5 Å². The Morgan fingerprint density at radius 2 is 1.90 bits per heavy atom. The zero-order chi connectivity index (χ0) is 14.9. The Morgan fingerprint density at radius 1 is 1.20 bits per heavy atom. The number of carbonyl (C=O) groups excluding carboxylic acids is 1. The highest BCUT2D eigenvalue weighted by Gasteiger charge is 2.20. The van der Waals surface area contributed by atoms with Gasteiger partial charge in [0.05, 0.1) is 28.4 Å². The molecule has 0 saturated heterocycles. The van der Waals surface area contributed by atoms with Crippen LogP contribution in [0.4, 0.5) is 4.39 Å². The summed E-state index contributed by atoms with van der Waals surface area (Å²) in [6.45, 7) is 0. The standard InChI is InChI=1S/C13H7Cl3FNO2/c1-20-13(19)12-8(4-6(17)5-18-12)7-2-3-9(14)11(16)10(7)15/h2-5H,1H3. The van der Waals surface area contributed by atoms with Crippen molar-refractivity contribution < 1.29 is 13.9 Å². The average molecular weight is 335 g/mol. The Labute approximate surface area is 129 Å². The molecule has 1 heterocycles. The summed E-state index contributed by atoms with van der Waals surface area (Å²) in [5, 5.41) is 0.479. The molecule has 0 bridgehead atoms. The molecule has 2 rings (SSSR count). The van der Waals surface area contributed by atoms with Crippen LogP contribution >= 0.6 is 34.8 Å². The number of aromatic nitrogens is 1. The molecule has 0 fully saturated rings. The number of rotatable bonds is 2. The smallest absolute Gasteiger partial charge is 0.357 e. The molecular formula is C13H7Cl3FNO2. The van der Waals surface area contributed by atoms with Crippen LogP contribution in [0.15, 0.2) is 24.4 Å². The van der Waals surface area contributed by atoms with Crippen LogP contribution in [0, 0.1) is 5.82 Å². The van der Waals surface area contributed by atoms with E-state index in [9.17, 15) is 9.18 Å². The first-order valence-electron chi connectivity index (χ1n) is 5.33. The summed E-state index contributed by atoms with van der Waals surface area (Å²) < 4.78 is 18.0. The zero-order valence-corrected chi connectivity index (χ0v) is 12.4. The summed E-state index contributed by atoms with van der Waals surface area (Å²) in [4.78, 5) is 15.4. The van der Waals surface area contributed by atoms with Crippen LogP contribution in [-0.2, 0) is 4.74 Å². The van der Waals surface area contributed by atoms with E-state index in [0.29, 0.717) is 5.56 Å². The molecule has 0 unspecified atom stereocenters. The lowest BCUT2D eigenvalue weighted by molar-refractivity contribution is 0.0595. The number of pyridine rings is 1. The Balaban J connectivity index is 2.72. The fraction of sp³-hybridized carbons (Fsp3) is 0.0769. The fourth-order valence-electron chi connectivity index (χ4n) is 1.64. The molecule has 0 spiro atoms. The van der Waals surface area contributed by atoms with E-state index in [0.717, 1.165) is 12.3 Å². The second-order valence-electron chi connectivity index (χ2n) is 3.76. The van der Waals surface area contributed by atoms with Gasteiger partial charge >= 0.3 is 5.97 Å². The molecule has 3 nitrogen and oxygen atoms in total. The molecule has 1 aromatic carbocycles. The van der Waals surface area contributed by atoms with Crippen molar-refractivity contribution in [1.29, 1.82) is 0 Å². The summed E-state index contributed by atoms with van der Waals surface area (Å²) in [5.41, 5.74) is 0.461. The van der Waals surface area contributed by atoms with Gasteiger partial charge in [0, 0.05) is 11.1 Å². The van der Waals surface area contributed by atoms with Crippen molar-refractivity contribution in [2.75, 3.05) is 7.11 Å². The van der Waals surface area contributed by atoms with Gasteiger partial charge in [0.2, 0.25) is 0 Å². The van der Waals surface area contributed by atoms with E-state index in [-0.39, 0.29) is 26.3 Å². The van der Waals surface area contributed by atoms with Crippen LogP contribution in [0.3, 0.4) is 0 Å². The Hall–Kier alpha value is -1.36. The molecule has 7 heteroatoms. The average Bonchev–Trinajstić information content (AvgIpc) is 2.44. The number of carbonyl (C=O) groups is 1. The Bertz CT molecular complexity index is 692. The number of nitrogens with zero attached hydrogens (tertiary/aromatic N) is 1. The molecular weight excluding hydrogens is 328 g/mol. The summed E-state index contributed by atoms with van der Waals surface area (Å²) in [6.07, 6.45) is 0.918. The van der Waals surface area contributed by atoms with Crippen molar-refractivity contribution in [1.82, 2.24) is 4.98 Å². The predicted octanol–water partition coefficient (Wildman–Crippen LogP) is 4.63. The van der Waals surface area contributed by atoms with Gasteiger partial charge in [-0.1, -0.05) is 40.9 Å². The molecule has 0 aliphatic heterocycles. The molecule has 20 heavy (non-hydrogen) atoms. The van der Waals surface area contributed by atoms with Crippen molar-refractivity contribution in [3.8, 4) is 11.1 Å². The summed E-state index contributed by atoms with van der Waals surface area (Å²) in [7, 11) is 1.20. The first kappa shape index (κ1) is 15.0. The number of hydrogen-bond acceptors (Lipinski definition) is 3. The SMILES string of the molecule is COC(=O)c1ncc(F)cc1-c1ccc(Cl)c(Cl)c1Cl. The third kappa shape index (κ3) is 2.73. The van der Waals surface area contributed by atoms with Gasteiger partial charge in [-0.05, 0) is 12.1 Å². The number of hydrogen-bond donors (Lipinski definition) is 0. The highest BCUT2D eigenvalue weighted by Crippen LogP contribution is 2.39. The van der Waals surface area contributed by atoms with Gasteiger partial charge in [-0.2, -0.15) is 0 Å².